The molecule has 1 heterocycles. The lowest BCUT2D eigenvalue weighted by molar-refractivity contribution is 0.0963. The monoisotopic (exact) mass is 501 g/mol. The van der Waals surface area contributed by atoms with Gasteiger partial charge in [0.25, 0.3) is 5.91 Å². The van der Waals surface area contributed by atoms with Gasteiger partial charge in [0, 0.05) is 25.7 Å². The Kier molecular flexibility index (Phi) is 12.9. The number of hydrogen-bond acceptors (Lipinski definition) is 3. The molecule has 0 unspecified atom stereocenters. The first-order valence-corrected chi connectivity index (χ1v) is 10.3. The Labute approximate surface area is 187 Å². The Morgan fingerprint density at radius 2 is 1.75 bits per heavy atom. The van der Waals surface area contributed by atoms with Gasteiger partial charge in [0.1, 0.15) is 0 Å². The van der Waals surface area contributed by atoms with Crippen molar-refractivity contribution in [3.63, 3.8) is 0 Å². The minimum atomic E-state index is -0.0653. The highest BCUT2D eigenvalue weighted by Gasteiger charge is 2.08. The highest BCUT2D eigenvalue weighted by atomic mass is 127. The van der Waals surface area contributed by atoms with Crippen LogP contribution < -0.4 is 16.0 Å². The normalized spacial score (nSPS) is 15.3. The number of carbonyl (C=O) groups is 1. The number of nitrogens with zero attached hydrogens (tertiary/aromatic N) is 2. The number of halogens is 1. The number of aliphatic imine (C=N–C) groups is 1. The number of guanidine groups is 1. The highest BCUT2D eigenvalue weighted by molar-refractivity contribution is 14.0. The molecular weight excluding hydrogens is 465 g/mol. The van der Waals surface area contributed by atoms with Crippen molar-refractivity contribution in [2.45, 2.75) is 45.6 Å². The van der Waals surface area contributed by atoms with Gasteiger partial charge in [0.05, 0.1) is 6.54 Å². The van der Waals surface area contributed by atoms with Crippen molar-refractivity contribution in [1.29, 1.82) is 0 Å². The molecule has 6 nitrogen and oxygen atoms in total. The van der Waals surface area contributed by atoms with Gasteiger partial charge in [-0.2, -0.15) is 0 Å². The van der Waals surface area contributed by atoms with Crippen LogP contribution in [0.4, 0.5) is 0 Å². The van der Waals surface area contributed by atoms with Crippen LogP contribution in [0.25, 0.3) is 0 Å². The zero-order valence-corrected chi connectivity index (χ0v) is 19.6. The molecule has 0 spiro atoms. The van der Waals surface area contributed by atoms with Gasteiger partial charge >= 0.3 is 0 Å². The van der Waals surface area contributed by atoms with E-state index in [2.05, 4.69) is 32.8 Å². The average molecular weight is 501 g/mol. The van der Waals surface area contributed by atoms with Gasteiger partial charge in [-0.15, -0.1) is 24.0 Å². The van der Waals surface area contributed by atoms with Crippen LogP contribution in [0.5, 0.6) is 0 Å². The molecule has 0 radical (unpaired) electrons. The van der Waals surface area contributed by atoms with Crippen molar-refractivity contribution in [3.8, 4) is 0 Å². The molecule has 1 amide bonds. The fourth-order valence-corrected chi connectivity index (χ4v) is 3.29. The third kappa shape index (κ3) is 9.23. The maximum absolute atomic E-state index is 11.6. The average Bonchev–Trinajstić information content (AvgIpc) is 2.98. The summed E-state index contributed by atoms with van der Waals surface area (Å²) < 4.78 is 0. The second kappa shape index (κ2) is 14.6. The van der Waals surface area contributed by atoms with Crippen LogP contribution in [0.2, 0.25) is 0 Å². The lowest BCUT2D eigenvalue weighted by Gasteiger charge is -2.20. The summed E-state index contributed by atoms with van der Waals surface area (Å²) >= 11 is 0. The standard InChI is InChI=1S/C21H35N5O.HI/c1-3-23-21(24-13-8-16-26-14-6-4-5-7-15-26)25-17-18-9-11-19(12-10-18)20(27)22-2;/h9-12H,3-8,13-17H2,1-2H3,(H,22,27)(H2,23,24,25);1H. The Morgan fingerprint density at radius 1 is 1.07 bits per heavy atom. The first-order chi connectivity index (χ1) is 13.2. The van der Waals surface area contributed by atoms with Crippen molar-refractivity contribution in [3.05, 3.63) is 35.4 Å². The van der Waals surface area contributed by atoms with Gasteiger partial charge < -0.3 is 20.9 Å². The quantitative estimate of drug-likeness (QED) is 0.222. The molecule has 28 heavy (non-hydrogen) atoms. The summed E-state index contributed by atoms with van der Waals surface area (Å²) in [5.74, 6) is 0.785. The van der Waals surface area contributed by atoms with Gasteiger partial charge in [-0.3, -0.25) is 4.79 Å². The van der Waals surface area contributed by atoms with Gasteiger partial charge in [0.15, 0.2) is 5.96 Å². The van der Waals surface area contributed by atoms with Gasteiger partial charge in [-0.1, -0.05) is 25.0 Å². The number of carbonyl (C=O) groups excluding carboxylic acids is 1. The summed E-state index contributed by atoms with van der Waals surface area (Å²) in [5, 5.41) is 9.37. The van der Waals surface area contributed by atoms with Crippen molar-refractivity contribution in [1.82, 2.24) is 20.9 Å². The van der Waals surface area contributed by atoms with E-state index in [0.717, 1.165) is 37.6 Å². The predicted octanol–water partition coefficient (Wildman–Crippen LogP) is 2.99. The molecule has 0 bridgehead atoms. The van der Waals surface area contributed by atoms with E-state index in [-0.39, 0.29) is 29.9 Å². The first kappa shape index (κ1) is 24.7. The second-order valence-corrected chi connectivity index (χ2v) is 7.01. The van der Waals surface area contributed by atoms with Gasteiger partial charge in [-0.25, -0.2) is 4.99 Å². The number of rotatable bonds is 8. The summed E-state index contributed by atoms with van der Waals surface area (Å²) in [5.41, 5.74) is 1.76. The number of hydrogen-bond donors (Lipinski definition) is 3. The Balaban J connectivity index is 0.00000392. The van der Waals surface area contributed by atoms with Crippen LogP contribution in [0.1, 0.15) is 54.9 Å². The van der Waals surface area contributed by atoms with E-state index >= 15 is 0 Å². The third-order valence-corrected chi connectivity index (χ3v) is 4.85. The molecule has 2 rings (SSSR count). The van der Waals surface area contributed by atoms with Crippen molar-refractivity contribution in [2.24, 2.45) is 4.99 Å². The topological polar surface area (TPSA) is 68.8 Å². The van der Waals surface area contributed by atoms with E-state index in [1.54, 1.807) is 7.05 Å². The van der Waals surface area contributed by atoms with Crippen molar-refractivity contribution >= 4 is 35.8 Å². The van der Waals surface area contributed by atoms with Crippen molar-refractivity contribution < 1.29 is 4.79 Å². The summed E-state index contributed by atoms with van der Waals surface area (Å²) in [6.07, 6.45) is 6.59. The second-order valence-electron chi connectivity index (χ2n) is 7.01. The minimum absolute atomic E-state index is 0. The molecule has 3 N–H and O–H groups in total. The van der Waals surface area contributed by atoms with E-state index < -0.39 is 0 Å². The van der Waals surface area contributed by atoms with Gasteiger partial charge in [0.2, 0.25) is 0 Å². The zero-order valence-electron chi connectivity index (χ0n) is 17.3. The maximum atomic E-state index is 11.6. The Morgan fingerprint density at radius 3 is 2.36 bits per heavy atom. The maximum Gasteiger partial charge on any atom is 0.251 e. The van der Waals surface area contributed by atoms with Crippen LogP contribution in [-0.4, -0.2) is 56.5 Å². The molecule has 1 saturated heterocycles. The number of likely N-dealkylation sites (tertiary alicyclic amines) is 1. The predicted molar refractivity (Wildman–Crippen MR) is 128 cm³/mol. The third-order valence-electron chi connectivity index (χ3n) is 4.85. The summed E-state index contributed by atoms with van der Waals surface area (Å²) in [7, 11) is 1.64. The zero-order chi connectivity index (χ0) is 19.3. The van der Waals surface area contributed by atoms with Crippen LogP contribution in [0.15, 0.2) is 29.3 Å². The largest absolute Gasteiger partial charge is 0.357 e. The SMILES string of the molecule is CCNC(=NCc1ccc(C(=O)NC)cc1)NCCCN1CCCCCC1.I. The molecule has 1 aromatic carbocycles. The van der Waals surface area contributed by atoms with Crippen LogP contribution in [-0.2, 0) is 6.54 Å². The minimum Gasteiger partial charge on any atom is -0.357 e. The van der Waals surface area contributed by atoms with Crippen LogP contribution in [0.3, 0.4) is 0 Å². The van der Waals surface area contributed by atoms with E-state index in [4.69, 9.17) is 0 Å². The van der Waals surface area contributed by atoms with E-state index in [1.807, 2.05) is 24.3 Å². The molecule has 1 aliphatic rings. The molecule has 1 aromatic rings. The van der Waals surface area contributed by atoms with Crippen LogP contribution >= 0.6 is 24.0 Å². The van der Waals surface area contributed by atoms with E-state index in [0.29, 0.717) is 12.1 Å². The number of amides is 1. The summed E-state index contributed by atoms with van der Waals surface area (Å²) in [4.78, 5) is 18.8. The van der Waals surface area contributed by atoms with Crippen molar-refractivity contribution in [2.75, 3.05) is 39.8 Å². The smallest absolute Gasteiger partial charge is 0.251 e. The van der Waals surface area contributed by atoms with Crippen LogP contribution in [0, 0.1) is 0 Å². The lowest BCUT2D eigenvalue weighted by atomic mass is 10.1. The Bertz CT molecular complexity index is 583. The molecular formula is C21H36IN5O. The fourth-order valence-electron chi connectivity index (χ4n) is 3.29. The molecule has 0 aliphatic carbocycles. The van der Waals surface area contributed by atoms with E-state index in [1.165, 1.54) is 38.8 Å². The number of benzene rings is 1. The first-order valence-electron chi connectivity index (χ1n) is 10.3. The molecule has 7 heteroatoms. The highest BCUT2D eigenvalue weighted by Crippen LogP contribution is 2.09. The lowest BCUT2D eigenvalue weighted by Crippen LogP contribution is -2.39. The van der Waals surface area contributed by atoms with E-state index in [9.17, 15) is 4.79 Å². The molecule has 1 fully saturated rings. The summed E-state index contributed by atoms with van der Waals surface area (Å²) in [6.45, 7) is 8.10. The molecule has 1 aliphatic heterocycles. The molecule has 158 valence electrons. The fraction of sp³-hybridized carbons (Fsp3) is 0.619. The molecule has 0 saturated carbocycles. The molecule has 0 aromatic heterocycles. The Hall–Kier alpha value is -1.35. The van der Waals surface area contributed by atoms with Gasteiger partial charge in [-0.05, 0) is 63.5 Å². The number of nitrogens with one attached hydrogen (secondary N) is 3. The molecule has 0 atom stereocenters. The summed E-state index contributed by atoms with van der Waals surface area (Å²) in [6, 6.07) is 7.59.